The number of carbonyl (C=O) groups is 2. The van der Waals surface area contributed by atoms with Gasteiger partial charge in [0.05, 0.1) is 25.0 Å². The van der Waals surface area contributed by atoms with Gasteiger partial charge in [-0.1, -0.05) is 29.8 Å². The molecule has 0 aliphatic heterocycles. The van der Waals surface area contributed by atoms with E-state index in [1.54, 1.807) is 0 Å². The van der Waals surface area contributed by atoms with E-state index in [1.807, 2.05) is 13.8 Å². The average Bonchev–Trinajstić information content (AvgIpc) is 2.70. The van der Waals surface area contributed by atoms with Crippen LogP contribution in [0.4, 0.5) is 0 Å². The van der Waals surface area contributed by atoms with Crippen molar-refractivity contribution in [2.45, 2.75) is 89.3 Å². The van der Waals surface area contributed by atoms with E-state index in [1.165, 1.54) is 6.42 Å². The lowest BCUT2D eigenvalue weighted by Crippen LogP contribution is -2.30. The Bertz CT molecular complexity index is 451. The second-order valence-corrected chi connectivity index (χ2v) is 9.59. The Morgan fingerprint density at radius 1 is 0.815 bits per heavy atom. The van der Waals surface area contributed by atoms with Crippen LogP contribution in [0.3, 0.4) is 0 Å². The third-order valence-corrected chi connectivity index (χ3v) is 7.37. The number of hydrogen-bond donors (Lipinski definition) is 0. The lowest BCUT2D eigenvalue weighted by Gasteiger charge is -2.34. The topological polar surface area (TPSA) is 52.6 Å². The SMILES string of the molecule is CCCOC(=O)C1CCC(CC(Br)C2CCC(C(=O)OCCC)CC2)CC1. The molecule has 156 valence electrons. The number of hydrogen-bond acceptors (Lipinski definition) is 4. The van der Waals surface area contributed by atoms with Gasteiger partial charge in [-0.05, 0) is 82.5 Å². The smallest absolute Gasteiger partial charge is 0.308 e. The Kier molecular flexibility index (Phi) is 10.2. The minimum absolute atomic E-state index is 0.00899. The molecule has 1 unspecified atom stereocenters. The molecule has 0 saturated heterocycles. The number of alkyl halides is 1. The van der Waals surface area contributed by atoms with E-state index >= 15 is 0 Å². The normalized spacial score (nSPS) is 29.7. The maximum absolute atomic E-state index is 12.0. The zero-order valence-corrected chi connectivity index (χ0v) is 18.7. The van der Waals surface area contributed by atoms with Crippen LogP contribution < -0.4 is 0 Å². The molecular weight excluding hydrogens is 408 g/mol. The number of carbonyl (C=O) groups excluding carboxylic acids is 2. The lowest BCUT2D eigenvalue weighted by molar-refractivity contribution is -0.151. The van der Waals surface area contributed by atoms with Gasteiger partial charge in [-0.25, -0.2) is 0 Å². The highest BCUT2D eigenvalue weighted by Gasteiger charge is 2.33. The monoisotopic (exact) mass is 444 g/mol. The van der Waals surface area contributed by atoms with E-state index in [0.29, 0.717) is 29.9 Å². The molecule has 0 heterocycles. The van der Waals surface area contributed by atoms with Crippen molar-refractivity contribution in [3.05, 3.63) is 0 Å². The molecule has 0 aromatic carbocycles. The highest BCUT2D eigenvalue weighted by Crippen LogP contribution is 2.40. The van der Waals surface area contributed by atoms with Crippen molar-refractivity contribution in [1.82, 2.24) is 0 Å². The zero-order chi connectivity index (χ0) is 19.6. The van der Waals surface area contributed by atoms with Crippen molar-refractivity contribution in [3.63, 3.8) is 0 Å². The summed E-state index contributed by atoms with van der Waals surface area (Å²) >= 11 is 3.94. The van der Waals surface area contributed by atoms with Crippen LogP contribution in [0.15, 0.2) is 0 Å². The van der Waals surface area contributed by atoms with E-state index in [4.69, 9.17) is 9.47 Å². The highest BCUT2D eigenvalue weighted by atomic mass is 79.9. The highest BCUT2D eigenvalue weighted by molar-refractivity contribution is 9.09. The Balaban J connectivity index is 1.66. The van der Waals surface area contributed by atoms with Crippen molar-refractivity contribution in [2.75, 3.05) is 13.2 Å². The fraction of sp³-hybridized carbons (Fsp3) is 0.909. The van der Waals surface area contributed by atoms with E-state index in [9.17, 15) is 9.59 Å². The summed E-state index contributed by atoms with van der Waals surface area (Å²) in [7, 11) is 0. The molecular formula is C22H37BrO4. The van der Waals surface area contributed by atoms with Crippen molar-refractivity contribution in [3.8, 4) is 0 Å². The van der Waals surface area contributed by atoms with Crippen molar-refractivity contribution in [2.24, 2.45) is 23.7 Å². The van der Waals surface area contributed by atoms with Gasteiger partial charge in [-0.3, -0.25) is 9.59 Å². The van der Waals surface area contributed by atoms with Gasteiger partial charge in [0.15, 0.2) is 0 Å². The minimum Gasteiger partial charge on any atom is -0.465 e. The van der Waals surface area contributed by atoms with E-state index in [0.717, 1.165) is 64.2 Å². The first-order valence-electron chi connectivity index (χ1n) is 11.0. The molecule has 0 radical (unpaired) electrons. The van der Waals surface area contributed by atoms with Crippen molar-refractivity contribution >= 4 is 27.9 Å². The predicted octanol–water partition coefficient (Wildman–Crippen LogP) is 5.66. The average molecular weight is 445 g/mol. The van der Waals surface area contributed by atoms with Crippen LogP contribution in [0.1, 0.15) is 84.5 Å². The number of ether oxygens (including phenoxy) is 2. The molecule has 2 aliphatic rings. The first kappa shape index (κ1) is 22.7. The summed E-state index contributed by atoms with van der Waals surface area (Å²) in [4.78, 5) is 24.6. The molecule has 0 aromatic heterocycles. The predicted molar refractivity (Wildman–Crippen MR) is 111 cm³/mol. The summed E-state index contributed by atoms with van der Waals surface area (Å²) in [5.74, 6) is 1.61. The fourth-order valence-electron chi connectivity index (χ4n) is 4.50. The molecule has 0 bridgehead atoms. The van der Waals surface area contributed by atoms with Crippen LogP contribution in [0.25, 0.3) is 0 Å². The molecule has 5 heteroatoms. The summed E-state index contributed by atoms with van der Waals surface area (Å²) in [6.07, 6.45) is 11.3. The largest absolute Gasteiger partial charge is 0.465 e. The standard InChI is InChI=1S/C22H37BrO4/c1-3-13-26-21(24)18-7-5-16(6-8-18)15-20(23)17-9-11-19(12-10-17)22(25)27-14-4-2/h16-20H,3-15H2,1-2H3. The van der Waals surface area contributed by atoms with Gasteiger partial charge in [-0.2, -0.15) is 0 Å². The van der Waals surface area contributed by atoms with Crippen molar-refractivity contribution in [1.29, 1.82) is 0 Å². The fourth-order valence-corrected chi connectivity index (χ4v) is 5.56. The lowest BCUT2D eigenvalue weighted by atomic mass is 9.75. The molecule has 4 nitrogen and oxygen atoms in total. The molecule has 0 amide bonds. The van der Waals surface area contributed by atoms with Gasteiger partial charge in [0, 0.05) is 4.83 Å². The molecule has 1 atom stereocenters. The molecule has 27 heavy (non-hydrogen) atoms. The second-order valence-electron chi connectivity index (χ2n) is 8.42. The maximum atomic E-state index is 12.0. The molecule has 0 aromatic rings. The van der Waals surface area contributed by atoms with Gasteiger partial charge in [-0.15, -0.1) is 0 Å². The number of rotatable bonds is 9. The van der Waals surface area contributed by atoms with Crippen LogP contribution >= 0.6 is 15.9 Å². The van der Waals surface area contributed by atoms with E-state index in [2.05, 4.69) is 15.9 Å². The third-order valence-electron chi connectivity index (χ3n) is 6.25. The quantitative estimate of drug-likeness (QED) is 0.340. The van der Waals surface area contributed by atoms with Crippen molar-refractivity contribution < 1.29 is 19.1 Å². The number of esters is 2. The Hall–Kier alpha value is -0.580. The summed E-state index contributed by atoms with van der Waals surface area (Å²) < 4.78 is 10.6. The third kappa shape index (κ3) is 7.40. The molecule has 0 N–H and O–H groups in total. The molecule has 2 fully saturated rings. The van der Waals surface area contributed by atoms with Crippen LogP contribution in [-0.2, 0) is 19.1 Å². The van der Waals surface area contributed by atoms with Gasteiger partial charge in [0.25, 0.3) is 0 Å². The van der Waals surface area contributed by atoms with Crippen LogP contribution in [0, 0.1) is 23.7 Å². The first-order valence-corrected chi connectivity index (χ1v) is 11.9. The molecule has 2 saturated carbocycles. The second kappa shape index (κ2) is 12.1. The Labute approximate surface area is 173 Å². The molecule has 2 aliphatic carbocycles. The summed E-state index contributed by atoms with van der Waals surface area (Å²) in [6, 6.07) is 0. The van der Waals surface area contributed by atoms with E-state index in [-0.39, 0.29) is 23.8 Å². The van der Waals surface area contributed by atoms with Gasteiger partial charge in [0.2, 0.25) is 0 Å². The van der Waals surface area contributed by atoms with Gasteiger partial charge < -0.3 is 9.47 Å². The number of halogens is 1. The van der Waals surface area contributed by atoms with Gasteiger partial charge >= 0.3 is 11.9 Å². The minimum atomic E-state index is 0.00899. The summed E-state index contributed by atoms with van der Waals surface area (Å²) in [5, 5.41) is 0. The van der Waals surface area contributed by atoms with Crippen LogP contribution in [0.5, 0.6) is 0 Å². The Morgan fingerprint density at radius 3 is 1.70 bits per heavy atom. The van der Waals surface area contributed by atoms with Gasteiger partial charge in [0.1, 0.15) is 0 Å². The summed E-state index contributed by atoms with van der Waals surface area (Å²) in [6.45, 7) is 5.16. The maximum Gasteiger partial charge on any atom is 0.308 e. The molecule has 2 rings (SSSR count). The van der Waals surface area contributed by atoms with Crippen LogP contribution in [0.2, 0.25) is 0 Å². The van der Waals surface area contributed by atoms with E-state index < -0.39 is 0 Å². The van der Waals surface area contributed by atoms with Crippen LogP contribution in [-0.4, -0.2) is 30.0 Å². The first-order chi connectivity index (χ1) is 13.0. The molecule has 0 spiro atoms. The Morgan fingerprint density at radius 2 is 1.26 bits per heavy atom. The summed E-state index contributed by atoms with van der Waals surface area (Å²) in [5.41, 5.74) is 0. The zero-order valence-electron chi connectivity index (χ0n) is 17.1.